The quantitative estimate of drug-likeness (QED) is 0.745. The van der Waals surface area contributed by atoms with Crippen molar-refractivity contribution in [3.63, 3.8) is 0 Å². The topological polar surface area (TPSA) is 52.8 Å². The van der Waals surface area contributed by atoms with E-state index in [0.29, 0.717) is 29.2 Å². The third-order valence-electron chi connectivity index (χ3n) is 2.88. The average Bonchev–Trinajstić information content (AvgIpc) is 2.76. The summed E-state index contributed by atoms with van der Waals surface area (Å²) in [4.78, 5) is 12.5. The molecule has 0 saturated heterocycles. The number of halogens is 2. The Kier molecular flexibility index (Phi) is 3.23. The zero-order valence-electron chi connectivity index (χ0n) is 10.5. The first-order chi connectivity index (χ1) is 9.67. The Hall–Kier alpha value is -2.21. The van der Waals surface area contributed by atoms with Gasteiger partial charge in [0.25, 0.3) is 0 Å². The van der Waals surface area contributed by atoms with Crippen molar-refractivity contribution in [3.8, 4) is 5.75 Å². The Labute approximate surface area is 119 Å². The third kappa shape index (κ3) is 2.30. The smallest absolute Gasteiger partial charge is 0.204 e. The number of hydrogen-bond donors (Lipinski definition) is 0. The molecule has 0 radical (unpaired) electrons. The fraction of sp³-hybridized carbons (Fsp3) is 0.154. The van der Waals surface area contributed by atoms with Crippen LogP contribution < -0.4 is 4.74 Å². The Balaban J connectivity index is 2.00. The maximum absolute atomic E-state index is 13.3. The van der Waals surface area contributed by atoms with Gasteiger partial charge in [-0.25, -0.2) is 19.3 Å². The second-order valence-corrected chi connectivity index (χ2v) is 4.48. The van der Waals surface area contributed by atoms with Crippen molar-refractivity contribution in [1.82, 2.24) is 19.5 Å². The van der Waals surface area contributed by atoms with E-state index in [1.54, 1.807) is 30.1 Å². The van der Waals surface area contributed by atoms with E-state index >= 15 is 0 Å². The lowest BCUT2D eigenvalue weighted by atomic mass is 10.3. The van der Waals surface area contributed by atoms with Crippen LogP contribution in [0.4, 0.5) is 4.39 Å². The van der Waals surface area contributed by atoms with Gasteiger partial charge in [0.15, 0.2) is 5.75 Å². The van der Waals surface area contributed by atoms with Gasteiger partial charge in [-0.05, 0) is 29.8 Å². The summed E-state index contributed by atoms with van der Waals surface area (Å²) >= 11 is 6.08. The van der Waals surface area contributed by atoms with Crippen LogP contribution in [0, 0.1) is 5.82 Å². The molecule has 2 aromatic heterocycles. The number of methoxy groups -OCH3 is 1. The number of hydrogen-bond acceptors (Lipinski definition) is 4. The minimum Gasteiger partial charge on any atom is -0.494 e. The molecule has 0 bridgehead atoms. The van der Waals surface area contributed by atoms with Crippen molar-refractivity contribution in [1.29, 1.82) is 0 Å². The second kappa shape index (κ2) is 5.05. The van der Waals surface area contributed by atoms with Crippen molar-refractivity contribution in [2.45, 2.75) is 6.54 Å². The molecule has 0 spiro atoms. The lowest BCUT2D eigenvalue weighted by molar-refractivity contribution is 0.409. The molecule has 3 aromatic rings. The molecule has 0 N–H and O–H groups in total. The van der Waals surface area contributed by atoms with Crippen molar-refractivity contribution >= 4 is 22.6 Å². The molecule has 5 nitrogen and oxygen atoms in total. The van der Waals surface area contributed by atoms with Gasteiger partial charge >= 0.3 is 0 Å². The molecule has 102 valence electrons. The molecule has 0 atom stereocenters. The fourth-order valence-corrected chi connectivity index (χ4v) is 2.13. The van der Waals surface area contributed by atoms with E-state index < -0.39 is 0 Å². The number of rotatable bonds is 3. The number of ether oxygens (including phenoxy) is 1. The number of aromatic nitrogens is 4. The first-order valence-corrected chi connectivity index (χ1v) is 6.21. The summed E-state index contributed by atoms with van der Waals surface area (Å²) in [5.74, 6) is 0.767. The van der Waals surface area contributed by atoms with Crippen molar-refractivity contribution in [2.24, 2.45) is 0 Å². The minimum absolute atomic E-state index is 0.269. The van der Waals surface area contributed by atoms with E-state index in [1.807, 2.05) is 0 Å². The van der Waals surface area contributed by atoms with Crippen LogP contribution in [0.15, 0.2) is 30.6 Å². The normalized spacial score (nSPS) is 10.9. The van der Waals surface area contributed by atoms with Crippen molar-refractivity contribution in [3.05, 3.63) is 47.5 Å². The minimum atomic E-state index is -0.342. The molecule has 0 amide bonds. The van der Waals surface area contributed by atoms with Gasteiger partial charge in [-0.3, -0.25) is 0 Å². The molecule has 0 saturated carbocycles. The SMILES string of the molecule is COc1cnc(Cn2c(Cl)nc3ccc(F)cc32)nc1. The third-order valence-corrected chi connectivity index (χ3v) is 3.17. The van der Waals surface area contributed by atoms with E-state index in [0.717, 1.165) is 0 Å². The number of benzene rings is 1. The van der Waals surface area contributed by atoms with Crippen molar-refractivity contribution < 1.29 is 9.13 Å². The summed E-state index contributed by atoms with van der Waals surface area (Å²) < 4.78 is 20.0. The molecule has 20 heavy (non-hydrogen) atoms. The number of imidazole rings is 1. The van der Waals surface area contributed by atoms with Crippen LogP contribution >= 0.6 is 11.6 Å². The zero-order chi connectivity index (χ0) is 14.1. The molecule has 0 aliphatic carbocycles. The highest BCUT2D eigenvalue weighted by Gasteiger charge is 2.11. The van der Waals surface area contributed by atoms with Gasteiger partial charge in [0.1, 0.15) is 11.6 Å². The summed E-state index contributed by atoms with van der Waals surface area (Å²) in [5, 5.41) is 0.269. The van der Waals surface area contributed by atoms with Gasteiger partial charge in [-0.15, -0.1) is 0 Å². The second-order valence-electron chi connectivity index (χ2n) is 4.14. The Morgan fingerprint density at radius 3 is 2.75 bits per heavy atom. The van der Waals surface area contributed by atoms with E-state index in [2.05, 4.69) is 15.0 Å². The molecule has 3 rings (SSSR count). The van der Waals surface area contributed by atoms with Crippen LogP contribution in [0.2, 0.25) is 5.28 Å². The molecule has 0 fully saturated rings. The van der Waals surface area contributed by atoms with Gasteiger partial charge in [-0.1, -0.05) is 0 Å². The van der Waals surface area contributed by atoms with Crippen LogP contribution in [-0.2, 0) is 6.54 Å². The summed E-state index contributed by atoms with van der Waals surface area (Å²) in [6.07, 6.45) is 3.13. The first-order valence-electron chi connectivity index (χ1n) is 5.83. The average molecular weight is 293 g/mol. The monoisotopic (exact) mass is 292 g/mol. The molecular weight excluding hydrogens is 283 g/mol. The molecule has 0 unspecified atom stereocenters. The Morgan fingerprint density at radius 2 is 2.05 bits per heavy atom. The number of nitrogens with zero attached hydrogens (tertiary/aromatic N) is 4. The van der Waals surface area contributed by atoms with Crippen LogP contribution in [0.1, 0.15) is 5.82 Å². The molecule has 2 heterocycles. The maximum Gasteiger partial charge on any atom is 0.204 e. The largest absolute Gasteiger partial charge is 0.494 e. The lowest BCUT2D eigenvalue weighted by Gasteiger charge is -2.05. The Morgan fingerprint density at radius 1 is 1.30 bits per heavy atom. The van der Waals surface area contributed by atoms with Crippen molar-refractivity contribution in [2.75, 3.05) is 7.11 Å². The van der Waals surface area contributed by atoms with Gasteiger partial charge in [0.2, 0.25) is 5.28 Å². The number of fused-ring (bicyclic) bond motifs is 1. The molecule has 7 heteroatoms. The van der Waals surface area contributed by atoms with Gasteiger partial charge in [-0.2, -0.15) is 0 Å². The summed E-state index contributed by atoms with van der Waals surface area (Å²) in [7, 11) is 1.54. The van der Waals surface area contributed by atoms with Crippen LogP contribution in [0.25, 0.3) is 11.0 Å². The summed E-state index contributed by atoms with van der Waals surface area (Å²) in [6.45, 7) is 0.308. The van der Waals surface area contributed by atoms with E-state index in [4.69, 9.17) is 16.3 Å². The van der Waals surface area contributed by atoms with Gasteiger partial charge in [0, 0.05) is 0 Å². The van der Waals surface area contributed by atoms with Crippen LogP contribution in [0.5, 0.6) is 5.75 Å². The molecule has 0 aliphatic heterocycles. The lowest BCUT2D eigenvalue weighted by Crippen LogP contribution is -2.04. The first kappa shape index (κ1) is 12.8. The zero-order valence-corrected chi connectivity index (χ0v) is 11.3. The summed E-state index contributed by atoms with van der Waals surface area (Å²) in [5.41, 5.74) is 1.24. The molecular formula is C13H10ClFN4O. The Bertz CT molecular complexity index is 757. The predicted octanol–water partition coefficient (Wildman–Crippen LogP) is 2.68. The fourth-order valence-electron chi connectivity index (χ4n) is 1.89. The highest BCUT2D eigenvalue weighted by molar-refractivity contribution is 6.29. The van der Waals surface area contributed by atoms with Crippen LogP contribution in [0.3, 0.4) is 0 Å². The highest BCUT2D eigenvalue weighted by Crippen LogP contribution is 2.21. The van der Waals surface area contributed by atoms with Gasteiger partial charge in [0.05, 0.1) is 37.1 Å². The maximum atomic E-state index is 13.3. The molecule has 1 aromatic carbocycles. The predicted molar refractivity (Wildman–Crippen MR) is 72.4 cm³/mol. The summed E-state index contributed by atoms with van der Waals surface area (Å²) in [6, 6.07) is 4.32. The van der Waals surface area contributed by atoms with E-state index in [1.165, 1.54) is 12.1 Å². The highest BCUT2D eigenvalue weighted by atomic mass is 35.5. The van der Waals surface area contributed by atoms with Crippen LogP contribution in [-0.4, -0.2) is 26.6 Å². The standard InChI is InChI=1S/C13H10ClFN4O/c1-20-9-5-16-12(17-6-9)7-19-11-4-8(15)2-3-10(11)18-13(19)14/h2-6H,7H2,1H3. The van der Waals surface area contributed by atoms with Gasteiger partial charge < -0.3 is 9.30 Å². The van der Waals surface area contributed by atoms with E-state index in [-0.39, 0.29) is 11.1 Å². The van der Waals surface area contributed by atoms with E-state index in [9.17, 15) is 4.39 Å². The molecule has 0 aliphatic rings.